The van der Waals surface area contributed by atoms with Gasteiger partial charge in [0.2, 0.25) is 0 Å². The van der Waals surface area contributed by atoms with Crippen molar-refractivity contribution in [2.24, 2.45) is 11.7 Å². The summed E-state index contributed by atoms with van der Waals surface area (Å²) in [5.41, 5.74) is 5.18. The molecular weight excluding hydrogens is 258 g/mol. The summed E-state index contributed by atoms with van der Waals surface area (Å²) in [7, 11) is 0. The number of carbonyl (C=O) groups is 1. The highest BCUT2D eigenvalue weighted by molar-refractivity contribution is 7.99. The van der Waals surface area contributed by atoms with Gasteiger partial charge in [-0.1, -0.05) is 19.8 Å². The van der Waals surface area contributed by atoms with Crippen molar-refractivity contribution in [3.8, 4) is 0 Å². The van der Waals surface area contributed by atoms with Gasteiger partial charge in [-0.2, -0.15) is 11.8 Å². The number of esters is 1. The lowest BCUT2D eigenvalue weighted by atomic mass is 9.91. The van der Waals surface area contributed by atoms with Crippen LogP contribution in [0.4, 0.5) is 0 Å². The van der Waals surface area contributed by atoms with Gasteiger partial charge >= 0.3 is 5.97 Å². The standard InChI is InChI=1S/C15H29NO2S/c1-4-18-14(17)15(3,16)9-6-10-19-13-8-5-7-12(2)11-13/h12-13H,4-11,16H2,1-3H3. The summed E-state index contributed by atoms with van der Waals surface area (Å²) in [6, 6.07) is 0. The largest absolute Gasteiger partial charge is 0.465 e. The lowest BCUT2D eigenvalue weighted by Gasteiger charge is -2.27. The van der Waals surface area contributed by atoms with Crippen LogP contribution in [0.2, 0.25) is 0 Å². The Hall–Kier alpha value is -0.220. The number of ether oxygens (including phenoxy) is 1. The zero-order valence-electron chi connectivity index (χ0n) is 12.6. The summed E-state index contributed by atoms with van der Waals surface area (Å²) < 4.78 is 5.00. The highest BCUT2D eigenvalue weighted by Gasteiger charge is 2.29. The first kappa shape index (κ1) is 16.8. The van der Waals surface area contributed by atoms with Crippen molar-refractivity contribution in [2.45, 2.75) is 70.1 Å². The topological polar surface area (TPSA) is 52.3 Å². The molecule has 0 spiro atoms. The van der Waals surface area contributed by atoms with Crippen LogP contribution in [0.5, 0.6) is 0 Å². The Morgan fingerprint density at radius 3 is 2.84 bits per heavy atom. The number of carbonyl (C=O) groups excluding carboxylic acids is 1. The average Bonchev–Trinajstić information content (AvgIpc) is 2.35. The summed E-state index contributed by atoms with van der Waals surface area (Å²) in [6.07, 6.45) is 7.16. The first-order valence-electron chi connectivity index (χ1n) is 7.53. The molecule has 0 saturated heterocycles. The second-order valence-corrected chi connectivity index (χ2v) is 7.41. The van der Waals surface area contributed by atoms with Crippen molar-refractivity contribution in [1.82, 2.24) is 0 Å². The Labute approximate surface area is 122 Å². The van der Waals surface area contributed by atoms with E-state index in [1.54, 1.807) is 6.92 Å². The fourth-order valence-corrected chi connectivity index (χ4v) is 4.06. The molecule has 1 rings (SSSR count). The molecule has 0 aromatic rings. The van der Waals surface area contributed by atoms with E-state index in [1.807, 2.05) is 6.92 Å². The van der Waals surface area contributed by atoms with E-state index in [4.69, 9.17) is 10.5 Å². The van der Waals surface area contributed by atoms with E-state index < -0.39 is 5.54 Å². The Morgan fingerprint density at radius 2 is 2.21 bits per heavy atom. The quantitative estimate of drug-likeness (QED) is 0.576. The third kappa shape index (κ3) is 6.17. The highest BCUT2D eigenvalue weighted by Crippen LogP contribution is 2.32. The van der Waals surface area contributed by atoms with E-state index in [1.165, 1.54) is 25.7 Å². The first-order valence-corrected chi connectivity index (χ1v) is 8.58. The Balaban J connectivity index is 2.17. The normalized spacial score (nSPS) is 26.7. The van der Waals surface area contributed by atoms with Crippen molar-refractivity contribution in [3.05, 3.63) is 0 Å². The fourth-order valence-electron chi connectivity index (χ4n) is 2.62. The number of thioether (sulfide) groups is 1. The van der Waals surface area contributed by atoms with Gasteiger partial charge in [0.25, 0.3) is 0 Å². The number of rotatable bonds is 7. The molecule has 1 aliphatic carbocycles. The molecule has 3 nitrogen and oxygen atoms in total. The molecule has 3 unspecified atom stereocenters. The monoisotopic (exact) mass is 287 g/mol. The molecular formula is C15H29NO2S. The van der Waals surface area contributed by atoms with Crippen molar-refractivity contribution >= 4 is 17.7 Å². The van der Waals surface area contributed by atoms with Gasteiger partial charge in [-0.25, -0.2) is 0 Å². The van der Waals surface area contributed by atoms with Crippen LogP contribution in [-0.4, -0.2) is 29.1 Å². The third-order valence-electron chi connectivity index (χ3n) is 3.82. The highest BCUT2D eigenvalue weighted by atomic mass is 32.2. The Morgan fingerprint density at radius 1 is 1.47 bits per heavy atom. The number of hydrogen-bond donors (Lipinski definition) is 1. The smallest absolute Gasteiger partial charge is 0.325 e. The molecule has 0 aliphatic heterocycles. The van der Waals surface area contributed by atoms with Crippen molar-refractivity contribution in [3.63, 3.8) is 0 Å². The second kappa shape index (κ2) is 8.15. The molecule has 19 heavy (non-hydrogen) atoms. The van der Waals surface area contributed by atoms with Crippen LogP contribution in [0.25, 0.3) is 0 Å². The Bertz CT molecular complexity index is 281. The molecule has 2 N–H and O–H groups in total. The van der Waals surface area contributed by atoms with Crippen molar-refractivity contribution < 1.29 is 9.53 Å². The predicted octanol–water partition coefficient (Wildman–Crippen LogP) is 3.36. The molecule has 0 amide bonds. The molecule has 0 aromatic carbocycles. The van der Waals surface area contributed by atoms with E-state index in [-0.39, 0.29) is 5.97 Å². The van der Waals surface area contributed by atoms with Crippen LogP contribution in [0, 0.1) is 5.92 Å². The Kier molecular flexibility index (Phi) is 7.22. The third-order valence-corrected chi connectivity index (χ3v) is 5.25. The molecule has 1 fully saturated rings. The van der Waals surface area contributed by atoms with Crippen LogP contribution >= 0.6 is 11.8 Å². The number of nitrogens with two attached hydrogens (primary N) is 1. The van der Waals surface area contributed by atoms with E-state index in [0.29, 0.717) is 13.0 Å². The van der Waals surface area contributed by atoms with Crippen LogP contribution < -0.4 is 5.73 Å². The van der Waals surface area contributed by atoms with Crippen LogP contribution in [0.1, 0.15) is 59.3 Å². The van der Waals surface area contributed by atoms with Crippen LogP contribution in [0.3, 0.4) is 0 Å². The molecule has 0 heterocycles. The van der Waals surface area contributed by atoms with Crippen LogP contribution in [-0.2, 0) is 9.53 Å². The van der Waals surface area contributed by atoms with Gasteiger partial charge in [0.15, 0.2) is 0 Å². The van der Waals surface area contributed by atoms with Gasteiger partial charge in [-0.3, -0.25) is 4.79 Å². The van der Waals surface area contributed by atoms with Crippen molar-refractivity contribution in [1.29, 1.82) is 0 Å². The fraction of sp³-hybridized carbons (Fsp3) is 0.933. The summed E-state index contributed by atoms with van der Waals surface area (Å²) in [5, 5.41) is 0.815. The molecule has 112 valence electrons. The van der Waals surface area contributed by atoms with E-state index >= 15 is 0 Å². The first-order chi connectivity index (χ1) is 8.95. The SMILES string of the molecule is CCOC(=O)C(C)(N)CCCSC1CCCC(C)C1. The summed E-state index contributed by atoms with van der Waals surface area (Å²) in [5.74, 6) is 1.71. The molecule has 4 heteroatoms. The maximum Gasteiger partial charge on any atom is 0.325 e. The number of hydrogen-bond acceptors (Lipinski definition) is 4. The van der Waals surface area contributed by atoms with Gasteiger partial charge in [-0.05, 0) is 51.2 Å². The zero-order chi connectivity index (χ0) is 14.3. The summed E-state index contributed by atoms with van der Waals surface area (Å²) >= 11 is 2.06. The maximum absolute atomic E-state index is 11.6. The zero-order valence-corrected chi connectivity index (χ0v) is 13.4. The molecule has 1 aliphatic rings. The minimum Gasteiger partial charge on any atom is -0.465 e. The molecule has 0 radical (unpaired) electrons. The van der Waals surface area contributed by atoms with Gasteiger partial charge < -0.3 is 10.5 Å². The minimum absolute atomic E-state index is 0.272. The molecule has 0 aromatic heterocycles. The molecule has 0 bridgehead atoms. The summed E-state index contributed by atoms with van der Waals surface area (Å²) in [6.45, 7) is 6.34. The molecule has 3 atom stereocenters. The maximum atomic E-state index is 11.6. The van der Waals surface area contributed by atoms with Gasteiger partial charge in [0.1, 0.15) is 5.54 Å². The minimum atomic E-state index is -0.823. The molecule has 1 saturated carbocycles. The van der Waals surface area contributed by atoms with Gasteiger partial charge in [-0.15, -0.1) is 0 Å². The van der Waals surface area contributed by atoms with E-state index in [9.17, 15) is 4.79 Å². The average molecular weight is 287 g/mol. The summed E-state index contributed by atoms with van der Waals surface area (Å²) in [4.78, 5) is 11.6. The van der Waals surface area contributed by atoms with Gasteiger partial charge in [0.05, 0.1) is 6.61 Å². The predicted molar refractivity (Wildman–Crippen MR) is 82.3 cm³/mol. The lowest BCUT2D eigenvalue weighted by molar-refractivity contribution is -0.149. The van der Waals surface area contributed by atoms with E-state index in [0.717, 1.165) is 23.3 Å². The van der Waals surface area contributed by atoms with Gasteiger partial charge in [0, 0.05) is 5.25 Å². The van der Waals surface area contributed by atoms with Crippen molar-refractivity contribution in [2.75, 3.05) is 12.4 Å². The lowest BCUT2D eigenvalue weighted by Crippen LogP contribution is -2.46. The van der Waals surface area contributed by atoms with Crippen LogP contribution in [0.15, 0.2) is 0 Å². The second-order valence-electron chi connectivity index (χ2n) is 6.01. The van der Waals surface area contributed by atoms with E-state index in [2.05, 4.69) is 18.7 Å².